The Labute approximate surface area is 128 Å². The number of carbonyl (C=O) groups excluding carboxylic acids is 1. The van der Waals surface area contributed by atoms with Crippen molar-refractivity contribution in [2.24, 2.45) is 0 Å². The van der Waals surface area contributed by atoms with Crippen molar-refractivity contribution in [2.45, 2.75) is 19.9 Å². The van der Waals surface area contributed by atoms with Gasteiger partial charge in [-0.1, -0.05) is 0 Å². The lowest BCUT2D eigenvalue weighted by molar-refractivity contribution is 0.0940. The SMILES string of the molecule is Cc1csc(C(C)NC(=O)c2ccc(N(C)C)c(N)c2)n1. The number of thiazole rings is 1. The molecule has 0 saturated heterocycles. The molecule has 1 aromatic heterocycles. The maximum atomic E-state index is 12.3. The summed E-state index contributed by atoms with van der Waals surface area (Å²) < 4.78 is 0. The van der Waals surface area contributed by atoms with Crippen molar-refractivity contribution in [3.8, 4) is 0 Å². The van der Waals surface area contributed by atoms with Crippen molar-refractivity contribution < 1.29 is 4.79 Å². The van der Waals surface area contributed by atoms with Crippen molar-refractivity contribution in [1.29, 1.82) is 0 Å². The monoisotopic (exact) mass is 304 g/mol. The first-order valence-electron chi connectivity index (χ1n) is 6.68. The highest BCUT2D eigenvalue weighted by atomic mass is 32.1. The molecule has 1 unspecified atom stereocenters. The summed E-state index contributed by atoms with van der Waals surface area (Å²) in [6.07, 6.45) is 0. The van der Waals surface area contributed by atoms with Gasteiger partial charge in [0.15, 0.2) is 0 Å². The van der Waals surface area contributed by atoms with Gasteiger partial charge in [-0.05, 0) is 32.0 Å². The van der Waals surface area contributed by atoms with Gasteiger partial charge in [-0.2, -0.15) is 0 Å². The van der Waals surface area contributed by atoms with E-state index in [1.807, 2.05) is 44.3 Å². The highest BCUT2D eigenvalue weighted by molar-refractivity contribution is 7.09. The van der Waals surface area contributed by atoms with E-state index >= 15 is 0 Å². The minimum Gasteiger partial charge on any atom is -0.397 e. The molecule has 6 heteroatoms. The predicted molar refractivity (Wildman–Crippen MR) is 87.9 cm³/mol. The van der Waals surface area contributed by atoms with Gasteiger partial charge >= 0.3 is 0 Å². The number of hydrogen-bond donors (Lipinski definition) is 2. The molecule has 2 aromatic rings. The smallest absolute Gasteiger partial charge is 0.251 e. The number of hydrogen-bond acceptors (Lipinski definition) is 5. The number of nitrogens with two attached hydrogens (primary N) is 1. The van der Waals surface area contributed by atoms with Crippen LogP contribution in [-0.4, -0.2) is 25.0 Å². The van der Waals surface area contributed by atoms with Gasteiger partial charge in [0.05, 0.1) is 17.4 Å². The van der Waals surface area contributed by atoms with E-state index in [4.69, 9.17) is 5.73 Å². The Hall–Kier alpha value is -2.08. The second kappa shape index (κ2) is 6.13. The zero-order chi connectivity index (χ0) is 15.6. The third kappa shape index (κ3) is 3.52. The van der Waals surface area contributed by atoms with Gasteiger partial charge in [-0.3, -0.25) is 4.79 Å². The molecule has 0 saturated carbocycles. The van der Waals surface area contributed by atoms with Gasteiger partial charge in [-0.15, -0.1) is 11.3 Å². The fourth-order valence-electron chi connectivity index (χ4n) is 2.02. The largest absolute Gasteiger partial charge is 0.397 e. The summed E-state index contributed by atoms with van der Waals surface area (Å²) in [4.78, 5) is 18.6. The van der Waals surface area contributed by atoms with E-state index in [0.29, 0.717) is 11.3 Å². The molecule has 112 valence electrons. The zero-order valence-corrected chi connectivity index (χ0v) is 13.5. The summed E-state index contributed by atoms with van der Waals surface area (Å²) in [6, 6.07) is 5.21. The number of aryl methyl sites for hydroxylation is 1. The van der Waals surface area contributed by atoms with Crippen LogP contribution in [0.2, 0.25) is 0 Å². The van der Waals surface area contributed by atoms with Crippen LogP contribution in [0.5, 0.6) is 0 Å². The van der Waals surface area contributed by atoms with Crippen LogP contribution < -0.4 is 16.0 Å². The molecule has 1 aromatic carbocycles. The van der Waals surface area contributed by atoms with E-state index in [1.54, 1.807) is 23.5 Å². The summed E-state index contributed by atoms with van der Waals surface area (Å²) in [7, 11) is 3.83. The van der Waals surface area contributed by atoms with Crippen molar-refractivity contribution in [2.75, 3.05) is 24.7 Å². The fourth-order valence-corrected chi connectivity index (χ4v) is 2.82. The molecule has 0 aliphatic rings. The lowest BCUT2D eigenvalue weighted by Gasteiger charge is -2.16. The number of carbonyl (C=O) groups is 1. The maximum absolute atomic E-state index is 12.3. The number of aromatic nitrogens is 1. The fraction of sp³-hybridized carbons (Fsp3) is 0.333. The number of nitrogens with one attached hydrogen (secondary N) is 1. The van der Waals surface area contributed by atoms with Crippen LogP contribution in [0, 0.1) is 6.92 Å². The zero-order valence-electron chi connectivity index (χ0n) is 12.7. The number of nitrogens with zero attached hydrogens (tertiary/aromatic N) is 2. The van der Waals surface area contributed by atoms with E-state index in [2.05, 4.69) is 10.3 Å². The van der Waals surface area contributed by atoms with Crippen LogP contribution in [0.25, 0.3) is 0 Å². The standard InChI is InChI=1S/C15H20N4OS/c1-9-8-21-15(17-9)10(2)18-14(20)11-5-6-13(19(3)4)12(16)7-11/h5-8,10H,16H2,1-4H3,(H,18,20). The quantitative estimate of drug-likeness (QED) is 0.852. The predicted octanol–water partition coefficient (Wildman–Crippen LogP) is 2.59. The minimum absolute atomic E-state index is 0.119. The van der Waals surface area contributed by atoms with Crippen LogP contribution >= 0.6 is 11.3 Å². The molecule has 1 atom stereocenters. The number of amides is 1. The molecule has 3 N–H and O–H groups in total. The molecule has 1 heterocycles. The molecule has 0 aliphatic heterocycles. The molecule has 1 amide bonds. The van der Waals surface area contributed by atoms with E-state index in [1.165, 1.54) is 0 Å². The number of benzene rings is 1. The first kappa shape index (κ1) is 15.3. The molecule has 0 aliphatic carbocycles. The average molecular weight is 304 g/mol. The molecule has 2 rings (SSSR count). The molecular weight excluding hydrogens is 284 g/mol. The van der Waals surface area contributed by atoms with Gasteiger partial charge in [0.1, 0.15) is 5.01 Å². The van der Waals surface area contributed by atoms with Crippen molar-refractivity contribution in [3.05, 3.63) is 39.8 Å². The number of rotatable bonds is 4. The Morgan fingerprint density at radius 2 is 2.14 bits per heavy atom. The van der Waals surface area contributed by atoms with E-state index in [9.17, 15) is 4.79 Å². The minimum atomic E-state index is -0.146. The highest BCUT2D eigenvalue weighted by Gasteiger charge is 2.15. The Kier molecular flexibility index (Phi) is 4.47. The van der Waals surface area contributed by atoms with Crippen molar-refractivity contribution in [1.82, 2.24) is 10.3 Å². The Balaban J connectivity index is 2.11. The molecule has 0 spiro atoms. The van der Waals surface area contributed by atoms with Crippen molar-refractivity contribution in [3.63, 3.8) is 0 Å². The molecule has 0 radical (unpaired) electrons. The van der Waals surface area contributed by atoms with Gasteiger partial charge in [-0.25, -0.2) is 4.98 Å². The third-order valence-corrected chi connectivity index (χ3v) is 4.27. The first-order valence-corrected chi connectivity index (χ1v) is 7.56. The Bertz CT molecular complexity index is 651. The van der Waals surface area contributed by atoms with Gasteiger partial charge in [0.2, 0.25) is 0 Å². The highest BCUT2D eigenvalue weighted by Crippen LogP contribution is 2.23. The summed E-state index contributed by atoms with van der Waals surface area (Å²) in [5.41, 5.74) is 8.98. The molecule has 5 nitrogen and oxygen atoms in total. The van der Waals surface area contributed by atoms with Crippen LogP contribution in [0.1, 0.15) is 34.0 Å². The lowest BCUT2D eigenvalue weighted by Crippen LogP contribution is -2.26. The molecule has 0 bridgehead atoms. The van der Waals surface area contributed by atoms with E-state index in [-0.39, 0.29) is 11.9 Å². The second-order valence-corrected chi connectivity index (χ2v) is 6.08. The van der Waals surface area contributed by atoms with Gasteiger partial charge in [0, 0.05) is 30.7 Å². The van der Waals surface area contributed by atoms with Crippen LogP contribution in [0.4, 0.5) is 11.4 Å². The molecule has 0 fully saturated rings. The van der Waals surface area contributed by atoms with Crippen LogP contribution in [-0.2, 0) is 0 Å². The van der Waals surface area contributed by atoms with Gasteiger partial charge < -0.3 is 16.0 Å². The first-order chi connectivity index (χ1) is 9.88. The molecular formula is C15H20N4OS. The number of nitrogen functional groups attached to an aromatic ring is 1. The van der Waals surface area contributed by atoms with Crippen molar-refractivity contribution >= 4 is 28.6 Å². The Morgan fingerprint density at radius 3 is 2.67 bits per heavy atom. The maximum Gasteiger partial charge on any atom is 0.251 e. The molecule has 21 heavy (non-hydrogen) atoms. The normalized spacial score (nSPS) is 12.0. The van der Waals surface area contributed by atoms with Crippen LogP contribution in [0.3, 0.4) is 0 Å². The Morgan fingerprint density at radius 1 is 1.43 bits per heavy atom. The summed E-state index contributed by atoms with van der Waals surface area (Å²) >= 11 is 1.55. The summed E-state index contributed by atoms with van der Waals surface area (Å²) in [5, 5.41) is 5.82. The van der Waals surface area contributed by atoms with Crippen LogP contribution in [0.15, 0.2) is 23.6 Å². The average Bonchev–Trinajstić information content (AvgIpc) is 2.84. The van der Waals surface area contributed by atoms with Gasteiger partial charge in [0.25, 0.3) is 5.91 Å². The second-order valence-electron chi connectivity index (χ2n) is 5.19. The third-order valence-electron chi connectivity index (χ3n) is 3.13. The lowest BCUT2D eigenvalue weighted by atomic mass is 10.1. The topological polar surface area (TPSA) is 71.2 Å². The van der Waals surface area contributed by atoms with E-state index in [0.717, 1.165) is 16.4 Å². The summed E-state index contributed by atoms with van der Waals surface area (Å²) in [5.74, 6) is -0.146. The van der Waals surface area contributed by atoms with E-state index < -0.39 is 0 Å². The summed E-state index contributed by atoms with van der Waals surface area (Å²) in [6.45, 7) is 3.86. The number of anilines is 2.